The van der Waals surface area contributed by atoms with Crippen molar-refractivity contribution in [2.45, 2.75) is 323 Å². The van der Waals surface area contributed by atoms with E-state index < -0.39 is 6.10 Å². The smallest absolute Gasteiger partial charge is 0.306 e. The van der Waals surface area contributed by atoms with Gasteiger partial charge in [-0.2, -0.15) is 0 Å². The highest BCUT2D eigenvalue weighted by Gasteiger charge is 2.19. The van der Waals surface area contributed by atoms with Crippen molar-refractivity contribution in [1.29, 1.82) is 0 Å². The van der Waals surface area contributed by atoms with Gasteiger partial charge in [-0.1, -0.05) is 278 Å². The zero-order valence-corrected chi connectivity index (χ0v) is 42.3. The number of esters is 3. The molecule has 0 amide bonds. The molecule has 0 aromatic carbocycles. The zero-order chi connectivity index (χ0) is 45.2. The Morgan fingerprint density at radius 2 is 0.565 bits per heavy atom. The normalized spacial score (nSPS) is 12.4. The van der Waals surface area contributed by atoms with Gasteiger partial charge in [0.15, 0.2) is 6.10 Å². The Morgan fingerprint density at radius 3 is 0.839 bits per heavy atom. The van der Waals surface area contributed by atoms with Crippen molar-refractivity contribution in [3.63, 3.8) is 0 Å². The summed E-state index contributed by atoms with van der Waals surface area (Å²) in [4.78, 5) is 38.0. The summed E-state index contributed by atoms with van der Waals surface area (Å²) in [6, 6.07) is 0. The van der Waals surface area contributed by atoms with Gasteiger partial charge in [0.2, 0.25) is 0 Å². The van der Waals surface area contributed by atoms with Crippen molar-refractivity contribution in [3.8, 4) is 0 Å². The molecule has 0 saturated heterocycles. The highest BCUT2D eigenvalue weighted by Crippen LogP contribution is 2.18. The SMILES string of the molecule is CCCCCCCCCCCCCCCCCC(=O)O[C@H](COC(=O)CCCCCCCCCCCCC)COC(=O)CCCCCCCCCCCCCCCCC(C)CC. The average molecular weight is 877 g/mol. The maximum absolute atomic E-state index is 12.8. The lowest BCUT2D eigenvalue weighted by molar-refractivity contribution is -0.167. The fraction of sp³-hybridized carbons (Fsp3) is 0.946. The van der Waals surface area contributed by atoms with Gasteiger partial charge in [-0.3, -0.25) is 14.4 Å². The Balaban J connectivity index is 4.27. The molecule has 6 nitrogen and oxygen atoms in total. The third-order valence-electron chi connectivity index (χ3n) is 13.2. The van der Waals surface area contributed by atoms with E-state index in [4.69, 9.17) is 14.2 Å². The van der Waals surface area contributed by atoms with Gasteiger partial charge in [-0.25, -0.2) is 0 Å². The van der Waals surface area contributed by atoms with Crippen LogP contribution in [-0.2, 0) is 28.6 Å². The van der Waals surface area contributed by atoms with E-state index in [0.717, 1.165) is 63.7 Å². The Bertz CT molecular complexity index is 935. The lowest BCUT2D eigenvalue weighted by atomic mass is 9.99. The standard InChI is InChI=1S/C56H108O6/c1-5-8-10-12-14-16-18-19-20-25-29-33-37-41-45-49-56(59)62-53(50-60-54(57)47-43-39-35-31-26-17-15-13-11-9-6-2)51-61-55(58)48-44-40-36-32-28-24-22-21-23-27-30-34-38-42-46-52(4)7-3/h52-53H,5-51H2,1-4H3/t52?,53-/m1/s1. The third-order valence-corrected chi connectivity index (χ3v) is 13.2. The number of unbranched alkanes of at least 4 members (excludes halogenated alkanes) is 37. The van der Waals surface area contributed by atoms with E-state index in [2.05, 4.69) is 27.7 Å². The van der Waals surface area contributed by atoms with Crippen molar-refractivity contribution >= 4 is 17.9 Å². The van der Waals surface area contributed by atoms with E-state index >= 15 is 0 Å². The minimum Gasteiger partial charge on any atom is -0.462 e. The van der Waals surface area contributed by atoms with Crippen LogP contribution in [0.1, 0.15) is 317 Å². The predicted molar refractivity (Wildman–Crippen MR) is 266 cm³/mol. The van der Waals surface area contributed by atoms with Crippen molar-refractivity contribution < 1.29 is 28.6 Å². The molecule has 6 heteroatoms. The van der Waals surface area contributed by atoms with Crippen LogP contribution in [-0.4, -0.2) is 37.2 Å². The molecule has 0 aliphatic carbocycles. The van der Waals surface area contributed by atoms with Crippen molar-refractivity contribution in [1.82, 2.24) is 0 Å². The molecule has 0 fully saturated rings. The first kappa shape index (κ1) is 60.4. The molecular weight excluding hydrogens is 769 g/mol. The molecule has 0 aliphatic heterocycles. The summed E-state index contributed by atoms with van der Waals surface area (Å²) in [6.07, 6.45) is 53.7. The lowest BCUT2D eigenvalue weighted by Crippen LogP contribution is -2.30. The molecule has 62 heavy (non-hydrogen) atoms. The minimum absolute atomic E-state index is 0.0621. The molecule has 0 spiro atoms. The highest BCUT2D eigenvalue weighted by atomic mass is 16.6. The van der Waals surface area contributed by atoms with Crippen molar-refractivity contribution in [2.24, 2.45) is 5.92 Å². The first-order chi connectivity index (χ1) is 30.4. The van der Waals surface area contributed by atoms with Crippen LogP contribution >= 0.6 is 0 Å². The van der Waals surface area contributed by atoms with E-state index in [0.29, 0.717) is 19.3 Å². The van der Waals surface area contributed by atoms with Crippen LogP contribution in [0, 0.1) is 5.92 Å². The largest absolute Gasteiger partial charge is 0.462 e. The molecule has 0 bridgehead atoms. The summed E-state index contributed by atoms with van der Waals surface area (Å²) in [6.45, 7) is 9.08. The van der Waals surface area contributed by atoms with E-state index in [1.165, 1.54) is 212 Å². The molecule has 0 rings (SSSR count). The molecule has 2 atom stereocenters. The molecule has 0 aromatic heterocycles. The van der Waals surface area contributed by atoms with Gasteiger partial charge in [0.05, 0.1) is 0 Å². The van der Waals surface area contributed by atoms with Crippen LogP contribution in [0.15, 0.2) is 0 Å². The Labute approximate surface area is 387 Å². The maximum atomic E-state index is 12.8. The fourth-order valence-corrected chi connectivity index (χ4v) is 8.54. The lowest BCUT2D eigenvalue weighted by Gasteiger charge is -2.18. The molecule has 0 aliphatic rings. The van der Waals surface area contributed by atoms with Gasteiger partial charge < -0.3 is 14.2 Å². The second-order valence-corrected chi connectivity index (χ2v) is 19.5. The molecule has 0 aromatic rings. The predicted octanol–water partition coefficient (Wildman–Crippen LogP) is 18.2. The summed E-state index contributed by atoms with van der Waals surface area (Å²) in [7, 11) is 0. The molecule has 1 unspecified atom stereocenters. The number of hydrogen-bond donors (Lipinski definition) is 0. The summed E-state index contributed by atoms with van der Waals surface area (Å²) in [5, 5.41) is 0. The fourth-order valence-electron chi connectivity index (χ4n) is 8.54. The summed E-state index contributed by atoms with van der Waals surface area (Å²) in [5.74, 6) is 0.0570. The minimum atomic E-state index is -0.761. The number of carbonyl (C=O) groups is 3. The van der Waals surface area contributed by atoms with Gasteiger partial charge in [0.25, 0.3) is 0 Å². The molecule has 0 saturated carbocycles. The van der Waals surface area contributed by atoms with E-state index in [9.17, 15) is 14.4 Å². The Morgan fingerprint density at radius 1 is 0.323 bits per heavy atom. The summed E-state index contributed by atoms with van der Waals surface area (Å²) < 4.78 is 16.8. The van der Waals surface area contributed by atoms with Crippen LogP contribution < -0.4 is 0 Å². The van der Waals surface area contributed by atoms with E-state index in [1.54, 1.807) is 0 Å². The average Bonchev–Trinajstić information content (AvgIpc) is 3.27. The maximum Gasteiger partial charge on any atom is 0.306 e. The van der Waals surface area contributed by atoms with Gasteiger partial charge in [0, 0.05) is 19.3 Å². The monoisotopic (exact) mass is 877 g/mol. The van der Waals surface area contributed by atoms with Crippen LogP contribution in [0.3, 0.4) is 0 Å². The van der Waals surface area contributed by atoms with Gasteiger partial charge in [-0.05, 0) is 25.2 Å². The molecule has 0 N–H and O–H groups in total. The zero-order valence-electron chi connectivity index (χ0n) is 42.3. The second-order valence-electron chi connectivity index (χ2n) is 19.5. The quantitative estimate of drug-likeness (QED) is 0.0344. The summed E-state index contributed by atoms with van der Waals surface area (Å²) in [5.41, 5.74) is 0. The highest BCUT2D eigenvalue weighted by molar-refractivity contribution is 5.71. The molecule has 0 radical (unpaired) electrons. The second kappa shape index (κ2) is 50.4. The Hall–Kier alpha value is -1.59. The van der Waals surface area contributed by atoms with Gasteiger partial charge >= 0.3 is 17.9 Å². The molecule has 368 valence electrons. The van der Waals surface area contributed by atoms with Crippen LogP contribution in [0.25, 0.3) is 0 Å². The van der Waals surface area contributed by atoms with Crippen LogP contribution in [0.4, 0.5) is 0 Å². The molecule has 0 heterocycles. The van der Waals surface area contributed by atoms with E-state index in [1.807, 2.05) is 0 Å². The summed E-state index contributed by atoms with van der Waals surface area (Å²) >= 11 is 0. The third kappa shape index (κ3) is 47.9. The van der Waals surface area contributed by atoms with Crippen molar-refractivity contribution in [3.05, 3.63) is 0 Å². The number of rotatable bonds is 51. The first-order valence-electron chi connectivity index (χ1n) is 27.9. The Kier molecular flexibility index (Phi) is 49.1. The van der Waals surface area contributed by atoms with Gasteiger partial charge in [0.1, 0.15) is 13.2 Å². The number of hydrogen-bond acceptors (Lipinski definition) is 6. The van der Waals surface area contributed by atoms with Gasteiger partial charge in [-0.15, -0.1) is 0 Å². The number of ether oxygens (including phenoxy) is 3. The van der Waals surface area contributed by atoms with Crippen LogP contribution in [0.2, 0.25) is 0 Å². The molecular formula is C56H108O6. The van der Waals surface area contributed by atoms with Crippen molar-refractivity contribution in [2.75, 3.05) is 13.2 Å². The van der Waals surface area contributed by atoms with Crippen LogP contribution in [0.5, 0.6) is 0 Å². The first-order valence-corrected chi connectivity index (χ1v) is 27.9. The van der Waals surface area contributed by atoms with E-state index in [-0.39, 0.29) is 31.1 Å². The topological polar surface area (TPSA) is 78.9 Å². The number of carbonyl (C=O) groups excluding carboxylic acids is 3.